The van der Waals surface area contributed by atoms with E-state index >= 15 is 0 Å². The Morgan fingerprint density at radius 2 is 2.19 bits per heavy atom. The molecule has 0 spiro atoms. The first-order valence-corrected chi connectivity index (χ1v) is 5.91. The van der Waals surface area contributed by atoms with Crippen LogP contribution in [0.4, 0.5) is 5.69 Å². The number of carbonyl (C=O) groups excluding carboxylic acids is 1. The van der Waals surface area contributed by atoms with Gasteiger partial charge in [-0.15, -0.1) is 0 Å². The molecule has 1 heterocycles. The first-order chi connectivity index (χ1) is 7.81. The van der Waals surface area contributed by atoms with E-state index in [1.807, 2.05) is 30.3 Å². The van der Waals surface area contributed by atoms with Gasteiger partial charge in [-0.3, -0.25) is 9.69 Å². The third kappa shape index (κ3) is 2.42. The van der Waals surface area contributed by atoms with Crippen molar-refractivity contribution < 1.29 is 4.79 Å². The summed E-state index contributed by atoms with van der Waals surface area (Å²) < 4.78 is 0. The predicted octanol–water partition coefficient (Wildman–Crippen LogP) is 2.11. The fourth-order valence-electron chi connectivity index (χ4n) is 2.25. The van der Waals surface area contributed by atoms with Gasteiger partial charge in [-0.05, 0) is 38.1 Å². The number of amides is 1. The Labute approximate surface area is 96.5 Å². The zero-order chi connectivity index (χ0) is 11.4. The Kier molecular flexibility index (Phi) is 3.57. The molecule has 3 nitrogen and oxygen atoms in total. The minimum Gasteiger partial charge on any atom is -0.325 e. The number of nitrogens with zero attached hydrogens (tertiary/aromatic N) is 1. The lowest BCUT2D eigenvalue weighted by molar-refractivity contribution is -0.120. The van der Waals surface area contributed by atoms with Crippen LogP contribution in [0.25, 0.3) is 0 Å². The Morgan fingerprint density at radius 1 is 1.44 bits per heavy atom. The number of likely N-dealkylation sites (tertiary alicyclic amines) is 1. The van der Waals surface area contributed by atoms with Crippen LogP contribution in [0, 0.1) is 0 Å². The summed E-state index contributed by atoms with van der Waals surface area (Å²) in [5, 5.41) is 2.97. The fraction of sp³-hybridized carbons (Fsp3) is 0.462. The molecule has 0 saturated carbocycles. The highest BCUT2D eigenvalue weighted by molar-refractivity contribution is 5.94. The second kappa shape index (κ2) is 5.12. The number of benzene rings is 1. The van der Waals surface area contributed by atoms with Crippen LogP contribution in [0.3, 0.4) is 0 Å². The number of hydrogen-bond acceptors (Lipinski definition) is 2. The van der Waals surface area contributed by atoms with Crippen LogP contribution in [-0.2, 0) is 4.79 Å². The molecule has 2 rings (SSSR count). The third-order valence-corrected chi connectivity index (χ3v) is 3.11. The average molecular weight is 218 g/mol. The fourth-order valence-corrected chi connectivity index (χ4v) is 2.25. The topological polar surface area (TPSA) is 32.3 Å². The van der Waals surface area contributed by atoms with Crippen molar-refractivity contribution in [3.8, 4) is 0 Å². The zero-order valence-corrected chi connectivity index (χ0v) is 9.65. The third-order valence-electron chi connectivity index (χ3n) is 3.11. The monoisotopic (exact) mass is 218 g/mol. The van der Waals surface area contributed by atoms with E-state index in [1.165, 1.54) is 0 Å². The normalized spacial score (nSPS) is 20.9. The second-order valence-electron chi connectivity index (χ2n) is 4.14. The summed E-state index contributed by atoms with van der Waals surface area (Å²) >= 11 is 0. The van der Waals surface area contributed by atoms with E-state index < -0.39 is 0 Å². The lowest BCUT2D eigenvalue weighted by Crippen LogP contribution is -2.39. The van der Waals surface area contributed by atoms with E-state index in [9.17, 15) is 4.79 Å². The quantitative estimate of drug-likeness (QED) is 0.842. The van der Waals surface area contributed by atoms with Crippen molar-refractivity contribution in [1.82, 2.24) is 4.90 Å². The van der Waals surface area contributed by atoms with Gasteiger partial charge >= 0.3 is 0 Å². The minimum atomic E-state index is 0.0604. The molecule has 0 aliphatic carbocycles. The summed E-state index contributed by atoms with van der Waals surface area (Å²) in [4.78, 5) is 14.3. The van der Waals surface area contributed by atoms with Crippen LogP contribution in [0.2, 0.25) is 0 Å². The van der Waals surface area contributed by atoms with Gasteiger partial charge in [-0.2, -0.15) is 0 Å². The largest absolute Gasteiger partial charge is 0.325 e. The van der Waals surface area contributed by atoms with Gasteiger partial charge in [-0.25, -0.2) is 0 Å². The van der Waals surface area contributed by atoms with Crippen molar-refractivity contribution in [2.45, 2.75) is 25.8 Å². The minimum absolute atomic E-state index is 0.0604. The molecule has 1 unspecified atom stereocenters. The molecule has 1 aliphatic rings. The van der Waals surface area contributed by atoms with E-state index in [0.717, 1.165) is 31.6 Å². The highest BCUT2D eigenvalue weighted by atomic mass is 16.2. The molecule has 16 heavy (non-hydrogen) atoms. The van der Waals surface area contributed by atoms with Crippen LogP contribution >= 0.6 is 0 Å². The summed E-state index contributed by atoms with van der Waals surface area (Å²) in [5.41, 5.74) is 0.885. The van der Waals surface area contributed by atoms with E-state index in [2.05, 4.69) is 17.1 Å². The zero-order valence-electron chi connectivity index (χ0n) is 9.65. The standard InChI is InChI=1S/C13H18N2O/c1-2-15-10-6-9-12(15)13(16)14-11-7-4-3-5-8-11/h3-5,7-8,12H,2,6,9-10H2,1H3,(H,14,16). The van der Waals surface area contributed by atoms with E-state index in [4.69, 9.17) is 0 Å². The molecule has 3 heteroatoms. The molecule has 1 atom stereocenters. The number of rotatable bonds is 3. The summed E-state index contributed by atoms with van der Waals surface area (Å²) in [7, 11) is 0. The van der Waals surface area contributed by atoms with Crippen LogP contribution in [0.15, 0.2) is 30.3 Å². The molecule has 1 aliphatic heterocycles. The Bertz CT molecular complexity index is 350. The van der Waals surface area contributed by atoms with E-state index in [1.54, 1.807) is 0 Å². The van der Waals surface area contributed by atoms with Gasteiger partial charge in [0.15, 0.2) is 0 Å². The molecular formula is C13H18N2O. The molecule has 0 aromatic heterocycles. The number of carbonyl (C=O) groups is 1. The van der Waals surface area contributed by atoms with Gasteiger partial charge in [0.05, 0.1) is 6.04 Å². The maximum absolute atomic E-state index is 12.0. The summed E-state index contributed by atoms with van der Waals surface area (Å²) in [6.07, 6.45) is 2.10. The number of hydrogen-bond donors (Lipinski definition) is 1. The Hall–Kier alpha value is -1.35. The van der Waals surface area contributed by atoms with Crippen molar-refractivity contribution in [2.24, 2.45) is 0 Å². The summed E-state index contributed by atoms with van der Waals surface area (Å²) in [5.74, 6) is 0.130. The molecule has 1 aromatic rings. The molecule has 1 amide bonds. The van der Waals surface area contributed by atoms with Gasteiger partial charge in [0.1, 0.15) is 0 Å². The van der Waals surface area contributed by atoms with Crippen LogP contribution in [-0.4, -0.2) is 29.9 Å². The molecule has 0 radical (unpaired) electrons. The molecule has 1 saturated heterocycles. The van der Waals surface area contributed by atoms with Crippen molar-refractivity contribution >= 4 is 11.6 Å². The van der Waals surface area contributed by atoms with Crippen LogP contribution in [0.1, 0.15) is 19.8 Å². The van der Waals surface area contributed by atoms with Gasteiger partial charge in [-0.1, -0.05) is 25.1 Å². The maximum atomic E-state index is 12.0. The van der Waals surface area contributed by atoms with Gasteiger partial charge in [0.2, 0.25) is 5.91 Å². The van der Waals surface area contributed by atoms with E-state index in [-0.39, 0.29) is 11.9 Å². The van der Waals surface area contributed by atoms with Gasteiger partial charge < -0.3 is 5.32 Å². The van der Waals surface area contributed by atoms with Crippen molar-refractivity contribution in [2.75, 3.05) is 18.4 Å². The smallest absolute Gasteiger partial charge is 0.241 e. The Balaban J connectivity index is 1.98. The number of nitrogens with one attached hydrogen (secondary N) is 1. The molecule has 1 fully saturated rings. The molecule has 0 bridgehead atoms. The first kappa shape index (κ1) is 11.1. The van der Waals surface area contributed by atoms with Crippen molar-refractivity contribution in [1.29, 1.82) is 0 Å². The average Bonchev–Trinajstić information content (AvgIpc) is 2.78. The molecule has 1 aromatic carbocycles. The summed E-state index contributed by atoms with van der Waals surface area (Å²) in [6.45, 7) is 4.10. The SMILES string of the molecule is CCN1CCCC1C(=O)Nc1ccccc1. The predicted molar refractivity (Wildman–Crippen MR) is 65.3 cm³/mol. The number of anilines is 1. The highest BCUT2D eigenvalue weighted by Gasteiger charge is 2.29. The molecule has 86 valence electrons. The van der Waals surface area contributed by atoms with Gasteiger partial charge in [0.25, 0.3) is 0 Å². The van der Waals surface area contributed by atoms with Crippen molar-refractivity contribution in [3.05, 3.63) is 30.3 Å². The van der Waals surface area contributed by atoms with E-state index in [0.29, 0.717) is 0 Å². The lowest BCUT2D eigenvalue weighted by Gasteiger charge is -2.21. The van der Waals surface area contributed by atoms with Crippen LogP contribution in [0.5, 0.6) is 0 Å². The summed E-state index contributed by atoms with van der Waals surface area (Å²) in [6, 6.07) is 9.71. The second-order valence-corrected chi connectivity index (χ2v) is 4.14. The molecular weight excluding hydrogens is 200 g/mol. The molecule has 1 N–H and O–H groups in total. The first-order valence-electron chi connectivity index (χ1n) is 5.91. The van der Waals surface area contributed by atoms with Gasteiger partial charge in [0, 0.05) is 5.69 Å². The van der Waals surface area contributed by atoms with Crippen LogP contribution < -0.4 is 5.32 Å². The number of para-hydroxylation sites is 1. The highest BCUT2D eigenvalue weighted by Crippen LogP contribution is 2.18. The number of likely N-dealkylation sites (N-methyl/N-ethyl adjacent to an activating group) is 1. The lowest BCUT2D eigenvalue weighted by atomic mass is 10.2. The van der Waals surface area contributed by atoms with Crippen molar-refractivity contribution in [3.63, 3.8) is 0 Å². The Morgan fingerprint density at radius 3 is 2.88 bits per heavy atom. The maximum Gasteiger partial charge on any atom is 0.241 e.